The van der Waals surface area contributed by atoms with Crippen molar-refractivity contribution in [3.8, 4) is 11.5 Å². The molecule has 0 saturated carbocycles. The smallest absolute Gasteiger partial charge is 0.189 e. The topological polar surface area (TPSA) is 35.5 Å². The second-order valence-corrected chi connectivity index (χ2v) is 5.59. The zero-order chi connectivity index (χ0) is 16.8. The number of rotatable bonds is 6. The summed E-state index contributed by atoms with van der Waals surface area (Å²) >= 11 is 0. The molecule has 23 heavy (non-hydrogen) atoms. The molecule has 0 amide bonds. The number of ether oxygens (including phenoxy) is 2. The lowest BCUT2D eigenvalue weighted by Crippen LogP contribution is -1.99. The van der Waals surface area contributed by atoms with Gasteiger partial charge in [0.2, 0.25) is 0 Å². The molecule has 2 aromatic carbocycles. The maximum absolute atomic E-state index is 12.4. The monoisotopic (exact) mass is 310 g/mol. The van der Waals surface area contributed by atoms with Gasteiger partial charge >= 0.3 is 0 Å². The molecule has 3 nitrogen and oxygen atoms in total. The maximum Gasteiger partial charge on any atom is 0.189 e. The highest BCUT2D eigenvalue weighted by Crippen LogP contribution is 2.25. The summed E-state index contributed by atoms with van der Waals surface area (Å²) in [5, 5.41) is 0. The van der Waals surface area contributed by atoms with E-state index in [1.807, 2.05) is 18.2 Å². The molecule has 120 valence electrons. The number of allylic oxidation sites excluding steroid dienone is 1. The Morgan fingerprint density at radius 1 is 1.00 bits per heavy atom. The number of benzene rings is 2. The van der Waals surface area contributed by atoms with Crippen LogP contribution in [-0.4, -0.2) is 20.0 Å². The number of carbonyl (C=O) groups is 1. The molecule has 0 spiro atoms. The summed E-state index contributed by atoms with van der Waals surface area (Å²) in [5.41, 5.74) is 2.80. The van der Waals surface area contributed by atoms with E-state index < -0.39 is 0 Å². The van der Waals surface area contributed by atoms with Crippen LogP contribution in [0.25, 0.3) is 6.08 Å². The summed E-state index contributed by atoms with van der Waals surface area (Å²) in [4.78, 5) is 12.4. The summed E-state index contributed by atoms with van der Waals surface area (Å²) in [6.45, 7) is 4.31. The minimum atomic E-state index is -0.0996. The first-order valence-corrected chi connectivity index (χ1v) is 7.59. The van der Waals surface area contributed by atoms with Crippen molar-refractivity contribution in [2.45, 2.75) is 19.8 Å². The van der Waals surface area contributed by atoms with Gasteiger partial charge in [-0.1, -0.05) is 44.2 Å². The van der Waals surface area contributed by atoms with E-state index in [0.29, 0.717) is 23.0 Å². The van der Waals surface area contributed by atoms with Gasteiger partial charge in [0, 0.05) is 6.07 Å². The van der Waals surface area contributed by atoms with Crippen molar-refractivity contribution in [2.24, 2.45) is 0 Å². The van der Waals surface area contributed by atoms with Crippen molar-refractivity contribution in [1.29, 1.82) is 0 Å². The van der Waals surface area contributed by atoms with Gasteiger partial charge in [-0.2, -0.15) is 0 Å². The van der Waals surface area contributed by atoms with Crippen LogP contribution in [0, 0.1) is 0 Å². The van der Waals surface area contributed by atoms with Crippen molar-refractivity contribution in [2.75, 3.05) is 14.2 Å². The molecule has 0 aliphatic carbocycles. The van der Waals surface area contributed by atoms with E-state index in [1.54, 1.807) is 38.5 Å². The molecule has 0 aliphatic heterocycles. The van der Waals surface area contributed by atoms with Gasteiger partial charge in [0.15, 0.2) is 5.78 Å². The molecular weight excluding hydrogens is 288 g/mol. The predicted octanol–water partition coefficient (Wildman–Crippen LogP) is 4.72. The predicted molar refractivity (Wildman–Crippen MR) is 93.4 cm³/mol. The molecule has 2 rings (SSSR count). The second-order valence-electron chi connectivity index (χ2n) is 5.59. The average molecular weight is 310 g/mol. The second kappa shape index (κ2) is 7.63. The van der Waals surface area contributed by atoms with Crippen molar-refractivity contribution >= 4 is 11.9 Å². The molecule has 0 heterocycles. The highest BCUT2D eigenvalue weighted by Gasteiger charge is 2.10. The van der Waals surface area contributed by atoms with Gasteiger partial charge in [0.25, 0.3) is 0 Å². The molecule has 2 aromatic rings. The Morgan fingerprint density at radius 3 is 2.26 bits per heavy atom. The highest BCUT2D eigenvalue weighted by molar-refractivity contribution is 6.08. The lowest BCUT2D eigenvalue weighted by molar-refractivity contribution is 0.104. The van der Waals surface area contributed by atoms with Gasteiger partial charge in [-0.25, -0.2) is 0 Å². The standard InChI is InChI=1S/C20H22O3/c1-14(2)16-8-5-15(6-9-16)7-12-19(21)18-11-10-17(22-3)13-20(18)23-4/h5-14H,1-4H3/b12-7+. The zero-order valence-corrected chi connectivity index (χ0v) is 14.0. The van der Waals surface area contributed by atoms with E-state index in [2.05, 4.69) is 26.0 Å². The molecule has 0 radical (unpaired) electrons. The van der Waals surface area contributed by atoms with Crippen LogP contribution in [0.15, 0.2) is 48.5 Å². The third-order valence-electron chi connectivity index (χ3n) is 3.70. The van der Waals surface area contributed by atoms with Gasteiger partial charge in [0.1, 0.15) is 11.5 Å². The molecule has 0 N–H and O–H groups in total. The molecule has 0 bridgehead atoms. The summed E-state index contributed by atoms with van der Waals surface area (Å²) in [6, 6.07) is 13.4. The van der Waals surface area contributed by atoms with Crippen LogP contribution in [0.4, 0.5) is 0 Å². The van der Waals surface area contributed by atoms with Crippen LogP contribution >= 0.6 is 0 Å². The van der Waals surface area contributed by atoms with Crippen LogP contribution < -0.4 is 9.47 Å². The van der Waals surface area contributed by atoms with E-state index in [-0.39, 0.29) is 5.78 Å². The maximum atomic E-state index is 12.4. The Morgan fingerprint density at radius 2 is 1.70 bits per heavy atom. The Bertz CT molecular complexity index is 697. The van der Waals surface area contributed by atoms with Crippen molar-refractivity contribution in [3.63, 3.8) is 0 Å². The molecule has 0 atom stereocenters. The van der Waals surface area contributed by atoms with Crippen LogP contribution in [0.3, 0.4) is 0 Å². The first-order valence-electron chi connectivity index (χ1n) is 7.59. The first kappa shape index (κ1) is 16.8. The zero-order valence-electron chi connectivity index (χ0n) is 14.0. The summed E-state index contributed by atoms with van der Waals surface area (Å²) in [5.74, 6) is 1.57. The van der Waals surface area contributed by atoms with E-state index in [0.717, 1.165) is 5.56 Å². The largest absolute Gasteiger partial charge is 0.497 e. The lowest BCUT2D eigenvalue weighted by Gasteiger charge is -2.08. The SMILES string of the molecule is COc1ccc(C(=O)/C=C/c2ccc(C(C)C)cc2)c(OC)c1. The summed E-state index contributed by atoms with van der Waals surface area (Å²) < 4.78 is 10.4. The van der Waals surface area contributed by atoms with Gasteiger partial charge < -0.3 is 9.47 Å². The Kier molecular flexibility index (Phi) is 5.58. The fourth-order valence-electron chi connectivity index (χ4n) is 2.26. The van der Waals surface area contributed by atoms with Crippen LogP contribution in [0.1, 0.15) is 41.3 Å². The molecule has 0 fully saturated rings. The minimum absolute atomic E-state index is 0.0996. The number of hydrogen-bond donors (Lipinski definition) is 0. The van der Waals surface area contributed by atoms with Gasteiger partial charge in [-0.15, -0.1) is 0 Å². The fourth-order valence-corrected chi connectivity index (χ4v) is 2.26. The third-order valence-corrected chi connectivity index (χ3v) is 3.70. The molecule has 3 heteroatoms. The van der Waals surface area contributed by atoms with Crippen molar-refractivity contribution in [3.05, 3.63) is 65.2 Å². The molecule has 0 aromatic heterocycles. The number of hydrogen-bond acceptors (Lipinski definition) is 3. The fraction of sp³-hybridized carbons (Fsp3) is 0.250. The van der Waals surface area contributed by atoms with Gasteiger partial charge in [0.05, 0.1) is 19.8 Å². The average Bonchev–Trinajstić information content (AvgIpc) is 2.59. The Balaban J connectivity index is 2.18. The third kappa shape index (κ3) is 4.22. The van der Waals surface area contributed by atoms with Gasteiger partial charge in [-0.3, -0.25) is 4.79 Å². The van der Waals surface area contributed by atoms with Crippen LogP contribution in [-0.2, 0) is 0 Å². The van der Waals surface area contributed by atoms with Crippen LogP contribution in [0.2, 0.25) is 0 Å². The molecule has 0 saturated heterocycles. The quantitative estimate of drug-likeness (QED) is 0.572. The molecule has 0 unspecified atom stereocenters. The first-order chi connectivity index (χ1) is 11.0. The normalized spacial score (nSPS) is 11.0. The van der Waals surface area contributed by atoms with E-state index in [1.165, 1.54) is 5.56 Å². The van der Waals surface area contributed by atoms with E-state index in [4.69, 9.17) is 9.47 Å². The molecular formula is C20H22O3. The van der Waals surface area contributed by atoms with Crippen LogP contribution in [0.5, 0.6) is 11.5 Å². The van der Waals surface area contributed by atoms with E-state index in [9.17, 15) is 4.79 Å². The van der Waals surface area contributed by atoms with Gasteiger partial charge in [-0.05, 0) is 35.3 Å². The highest BCUT2D eigenvalue weighted by atomic mass is 16.5. The molecule has 0 aliphatic rings. The van der Waals surface area contributed by atoms with E-state index >= 15 is 0 Å². The number of methoxy groups -OCH3 is 2. The number of carbonyl (C=O) groups excluding carboxylic acids is 1. The summed E-state index contributed by atoms with van der Waals surface area (Å²) in [6.07, 6.45) is 3.38. The Hall–Kier alpha value is -2.55. The van der Waals surface area contributed by atoms with Crippen molar-refractivity contribution in [1.82, 2.24) is 0 Å². The van der Waals surface area contributed by atoms with Crippen molar-refractivity contribution < 1.29 is 14.3 Å². The minimum Gasteiger partial charge on any atom is -0.497 e. The lowest BCUT2D eigenvalue weighted by atomic mass is 10.0. The Labute approximate surface area is 137 Å². The number of ketones is 1. The summed E-state index contributed by atoms with van der Waals surface area (Å²) in [7, 11) is 3.12.